The Hall–Kier alpha value is -3.22. The summed E-state index contributed by atoms with van der Waals surface area (Å²) in [6.07, 6.45) is 2.14. The van der Waals surface area contributed by atoms with E-state index >= 15 is 0 Å². The molecule has 13 heteroatoms. The van der Waals surface area contributed by atoms with Crippen LogP contribution in [0.5, 0.6) is 5.88 Å². The van der Waals surface area contributed by atoms with Crippen molar-refractivity contribution in [2.75, 3.05) is 18.1 Å². The summed E-state index contributed by atoms with van der Waals surface area (Å²) in [4.78, 5) is 20.8. The predicted octanol–water partition coefficient (Wildman–Crippen LogP) is 3.16. The highest BCUT2D eigenvalue weighted by molar-refractivity contribution is 7.93. The second kappa shape index (κ2) is 8.47. The molecule has 9 nitrogen and oxygen atoms in total. The largest absolute Gasteiger partial charge is 0.471 e. The van der Waals surface area contributed by atoms with Crippen LogP contribution >= 0.6 is 0 Å². The third kappa shape index (κ3) is 5.24. The van der Waals surface area contributed by atoms with Crippen LogP contribution in [0.25, 0.3) is 22.3 Å². The lowest BCUT2D eigenvalue weighted by molar-refractivity contribution is -0.0242. The van der Waals surface area contributed by atoms with Gasteiger partial charge in [0.25, 0.3) is 11.8 Å². The number of nitrogens with zero attached hydrogens (tertiary/aromatic N) is 4. The lowest BCUT2D eigenvalue weighted by Gasteiger charge is -2.38. The molecule has 0 atom stereocenters. The van der Waals surface area contributed by atoms with E-state index in [2.05, 4.69) is 20.4 Å². The van der Waals surface area contributed by atoms with Gasteiger partial charge in [-0.25, -0.2) is 26.6 Å². The minimum atomic E-state index is -3.15. The summed E-state index contributed by atoms with van der Waals surface area (Å²) in [7, 11) is -3.15. The molecule has 1 N–H and O–H groups in total. The molecule has 188 valence electrons. The summed E-state index contributed by atoms with van der Waals surface area (Å²) < 4.78 is 70.7. The topological polar surface area (TPSA) is 116 Å². The third-order valence-electron chi connectivity index (χ3n) is 5.35. The van der Waals surface area contributed by atoms with Gasteiger partial charge in [0, 0.05) is 30.8 Å². The molecule has 1 aliphatic rings. The van der Waals surface area contributed by atoms with E-state index in [0.717, 1.165) is 6.20 Å². The number of carbonyl (C=O) groups is 1. The van der Waals surface area contributed by atoms with Gasteiger partial charge in [0.15, 0.2) is 22.3 Å². The van der Waals surface area contributed by atoms with Gasteiger partial charge in [0.05, 0.1) is 34.3 Å². The number of carbonyl (C=O) groups excluding carboxylic acids is 1. The first kappa shape index (κ1) is 24.9. The number of aromatic nitrogens is 4. The van der Waals surface area contributed by atoms with Crippen molar-refractivity contribution in [1.29, 1.82) is 0 Å². The molecule has 3 aromatic rings. The number of amides is 1. The predicted molar refractivity (Wildman–Crippen MR) is 122 cm³/mol. The maximum Gasteiger partial charge on any atom is 0.278 e. The summed E-state index contributed by atoms with van der Waals surface area (Å²) in [5.41, 5.74) is 0.125. The Kier molecular flexibility index (Phi) is 6.02. The lowest BCUT2D eigenvalue weighted by atomic mass is 10.1. The number of fused-ring (bicyclic) bond motifs is 1. The van der Waals surface area contributed by atoms with Crippen molar-refractivity contribution in [3.8, 4) is 17.1 Å². The smallest absolute Gasteiger partial charge is 0.278 e. The second-order valence-electron chi connectivity index (χ2n) is 9.39. The number of ether oxygens (including phenoxy) is 1. The Balaban J connectivity index is 1.71. The average molecular weight is 512 g/mol. The van der Waals surface area contributed by atoms with E-state index in [9.17, 15) is 26.4 Å². The number of hydrogen-bond donors (Lipinski definition) is 1. The molecular weight excluding hydrogens is 487 g/mol. The fourth-order valence-electron chi connectivity index (χ4n) is 3.95. The number of alkyl halides is 2. The van der Waals surface area contributed by atoms with Gasteiger partial charge < -0.3 is 10.1 Å². The first-order chi connectivity index (χ1) is 16.2. The van der Waals surface area contributed by atoms with Crippen molar-refractivity contribution in [3.05, 3.63) is 35.9 Å². The van der Waals surface area contributed by atoms with E-state index in [-0.39, 0.29) is 45.8 Å². The highest BCUT2D eigenvalue weighted by Gasteiger charge is 2.45. The maximum atomic E-state index is 14.7. The zero-order chi connectivity index (χ0) is 25.8. The Morgan fingerprint density at radius 3 is 2.54 bits per heavy atom. The molecule has 1 fully saturated rings. The van der Waals surface area contributed by atoms with Crippen molar-refractivity contribution >= 4 is 26.8 Å². The third-order valence-corrected chi connectivity index (χ3v) is 7.50. The number of sulfone groups is 1. The van der Waals surface area contributed by atoms with E-state index in [1.54, 1.807) is 17.7 Å². The summed E-state index contributed by atoms with van der Waals surface area (Å²) >= 11 is 0. The molecule has 0 unspecified atom stereocenters. The maximum absolute atomic E-state index is 14.7. The zero-order valence-corrected chi connectivity index (χ0v) is 20.3. The van der Waals surface area contributed by atoms with E-state index in [0.29, 0.717) is 12.4 Å². The molecule has 4 rings (SSSR count). The minimum Gasteiger partial charge on any atom is -0.471 e. The Morgan fingerprint density at radius 1 is 1.26 bits per heavy atom. The summed E-state index contributed by atoms with van der Waals surface area (Å²) in [5, 5.41) is 7.19. The van der Waals surface area contributed by atoms with Crippen LogP contribution in [0.2, 0.25) is 0 Å². The van der Waals surface area contributed by atoms with Crippen LogP contribution in [0.15, 0.2) is 24.5 Å². The molecule has 0 saturated carbocycles. The van der Waals surface area contributed by atoms with Crippen molar-refractivity contribution < 1.29 is 31.1 Å². The first-order valence-electron chi connectivity index (χ1n) is 10.7. The quantitative estimate of drug-likeness (QED) is 0.518. The van der Waals surface area contributed by atoms with Gasteiger partial charge >= 0.3 is 0 Å². The van der Waals surface area contributed by atoms with Gasteiger partial charge in [0.1, 0.15) is 11.2 Å². The van der Waals surface area contributed by atoms with Gasteiger partial charge in [-0.3, -0.25) is 14.5 Å². The number of halogens is 3. The molecule has 3 aromatic heterocycles. The Bertz CT molecular complexity index is 1400. The van der Waals surface area contributed by atoms with E-state index in [4.69, 9.17) is 4.74 Å². The van der Waals surface area contributed by atoms with E-state index in [1.807, 2.05) is 13.8 Å². The number of nitrogens with one attached hydrogen (secondary N) is 1. The van der Waals surface area contributed by atoms with Gasteiger partial charge in [-0.1, -0.05) is 0 Å². The molecule has 0 aliphatic carbocycles. The second-order valence-corrected chi connectivity index (χ2v) is 11.5. The van der Waals surface area contributed by atoms with Crippen LogP contribution < -0.4 is 10.1 Å². The molecule has 4 heterocycles. The Morgan fingerprint density at radius 2 is 1.94 bits per heavy atom. The fraction of sp³-hybridized carbons (Fsp3) is 0.455. The number of hydrogen-bond acceptors (Lipinski definition) is 7. The number of pyridine rings is 2. The van der Waals surface area contributed by atoms with Crippen molar-refractivity contribution in [1.82, 2.24) is 25.1 Å². The molecular formula is C22H24F3N5O4S. The molecule has 1 aliphatic heterocycles. The highest BCUT2D eigenvalue weighted by Crippen LogP contribution is 2.32. The summed E-state index contributed by atoms with van der Waals surface area (Å²) in [5.74, 6) is -4.84. The molecule has 0 aromatic carbocycles. The standard InChI is InChI=1S/C22H24F3N5O4S/c1-12(2)30-16-5-13(20(31)28-21(3)10-35(32,33)11-21)7-27-19(16)18(29-30)14-6-17(26-8-15(14)23)34-9-22(4,24)25/h5-8,12H,9-11H2,1-4H3,(H,28,31). The van der Waals surface area contributed by atoms with E-state index in [1.165, 1.54) is 12.3 Å². The van der Waals surface area contributed by atoms with Crippen molar-refractivity contribution in [2.24, 2.45) is 0 Å². The van der Waals surface area contributed by atoms with Crippen LogP contribution in [0.3, 0.4) is 0 Å². The highest BCUT2D eigenvalue weighted by atomic mass is 32.2. The normalized spacial score (nSPS) is 16.8. The summed E-state index contributed by atoms with van der Waals surface area (Å²) in [6.45, 7) is 5.09. The zero-order valence-electron chi connectivity index (χ0n) is 19.5. The van der Waals surface area contributed by atoms with Crippen LogP contribution in [-0.4, -0.2) is 63.6 Å². The molecule has 0 radical (unpaired) electrons. The molecule has 35 heavy (non-hydrogen) atoms. The van der Waals surface area contributed by atoms with Crippen LogP contribution in [0.4, 0.5) is 13.2 Å². The van der Waals surface area contributed by atoms with Crippen LogP contribution in [0.1, 0.15) is 44.1 Å². The SMILES string of the molecule is CC(C)n1nc(-c2cc(OCC(C)(F)F)ncc2F)c2ncc(C(=O)NC3(C)CS(=O)(=O)C3)cc21. The van der Waals surface area contributed by atoms with Gasteiger partial charge in [-0.05, 0) is 26.8 Å². The van der Waals surface area contributed by atoms with Crippen LogP contribution in [-0.2, 0) is 9.84 Å². The number of rotatable bonds is 7. The molecule has 1 saturated heterocycles. The molecule has 0 spiro atoms. The lowest BCUT2D eigenvalue weighted by Crippen LogP contribution is -2.63. The van der Waals surface area contributed by atoms with E-state index < -0.39 is 39.6 Å². The van der Waals surface area contributed by atoms with Crippen molar-refractivity contribution in [3.63, 3.8) is 0 Å². The average Bonchev–Trinajstić information content (AvgIpc) is 3.09. The summed E-state index contributed by atoms with van der Waals surface area (Å²) in [6, 6.07) is 2.52. The van der Waals surface area contributed by atoms with Gasteiger partial charge in [-0.2, -0.15) is 5.10 Å². The first-order valence-corrected chi connectivity index (χ1v) is 12.6. The Labute approximate surface area is 199 Å². The fourth-order valence-corrected chi connectivity index (χ4v) is 5.95. The van der Waals surface area contributed by atoms with Crippen LogP contribution in [0, 0.1) is 5.82 Å². The van der Waals surface area contributed by atoms with Crippen molar-refractivity contribution in [2.45, 2.75) is 45.2 Å². The molecule has 1 amide bonds. The minimum absolute atomic E-state index is 0.0456. The van der Waals surface area contributed by atoms with Gasteiger partial charge in [0.2, 0.25) is 5.88 Å². The monoisotopic (exact) mass is 511 g/mol. The molecule has 0 bridgehead atoms. The van der Waals surface area contributed by atoms with Gasteiger partial charge in [-0.15, -0.1) is 0 Å².